The molecular weight excluding hydrogens is 506 g/mol. The molecule has 3 aromatic rings. The number of aromatic nitrogens is 1. The number of methoxy groups -OCH3 is 1. The number of ether oxygens (including phenoxy) is 1. The van der Waals surface area contributed by atoms with Crippen LogP contribution >= 0.6 is 0 Å². The molecule has 1 aromatic heterocycles. The number of rotatable bonds is 8. The summed E-state index contributed by atoms with van der Waals surface area (Å²) in [7, 11) is 1.67. The van der Waals surface area contributed by atoms with E-state index in [9.17, 15) is 14.7 Å². The van der Waals surface area contributed by atoms with Crippen LogP contribution in [0.3, 0.4) is 0 Å². The van der Waals surface area contributed by atoms with Gasteiger partial charge in [-0.1, -0.05) is 30.7 Å². The number of fused-ring (bicyclic) bond motifs is 4. The van der Waals surface area contributed by atoms with Gasteiger partial charge in [-0.25, -0.2) is 0 Å². The number of carbonyl (C=O) groups excluding carboxylic acids is 1. The number of nitrogens with zero attached hydrogens (tertiary/aromatic N) is 2. The molecule has 2 aliphatic heterocycles. The average molecular weight is 546 g/mol. The maximum absolute atomic E-state index is 13.1. The molecule has 6 rings (SSSR count). The van der Waals surface area contributed by atoms with E-state index in [1.54, 1.807) is 7.11 Å². The van der Waals surface area contributed by atoms with Gasteiger partial charge in [0.05, 0.1) is 19.8 Å². The Labute approximate surface area is 234 Å². The Hall–Kier alpha value is -3.36. The van der Waals surface area contributed by atoms with Crippen molar-refractivity contribution in [2.24, 2.45) is 5.92 Å². The second-order valence-electron chi connectivity index (χ2n) is 11.9. The third-order valence-electron chi connectivity index (χ3n) is 9.51. The molecule has 1 saturated heterocycles. The summed E-state index contributed by atoms with van der Waals surface area (Å²) in [5, 5.41) is 21.0. The summed E-state index contributed by atoms with van der Waals surface area (Å²) in [6, 6.07) is 14.1. The molecule has 2 fully saturated rings. The van der Waals surface area contributed by atoms with E-state index >= 15 is 0 Å². The number of benzene rings is 2. The second kappa shape index (κ2) is 10.9. The Balaban J connectivity index is 1.34. The molecule has 0 radical (unpaired) electrons. The van der Waals surface area contributed by atoms with Crippen molar-refractivity contribution in [3.8, 4) is 5.75 Å². The molecule has 1 atom stereocenters. The molecule has 1 amide bonds. The van der Waals surface area contributed by atoms with E-state index in [4.69, 9.17) is 9.84 Å². The van der Waals surface area contributed by atoms with Crippen LogP contribution in [0.15, 0.2) is 42.5 Å². The maximum Gasteiger partial charge on any atom is 0.303 e. The van der Waals surface area contributed by atoms with Gasteiger partial charge >= 0.3 is 5.97 Å². The number of aliphatic hydroxyl groups is 1. The third-order valence-corrected chi connectivity index (χ3v) is 9.51. The van der Waals surface area contributed by atoms with Gasteiger partial charge in [-0.15, -0.1) is 0 Å². The molecule has 8 nitrogen and oxygen atoms in total. The molecule has 1 unspecified atom stereocenters. The van der Waals surface area contributed by atoms with Crippen LogP contribution in [-0.2, 0) is 28.0 Å². The van der Waals surface area contributed by atoms with E-state index in [0.717, 1.165) is 79.8 Å². The number of carbonyl (C=O) groups is 2. The quantitative estimate of drug-likeness (QED) is 0.387. The van der Waals surface area contributed by atoms with E-state index in [0.29, 0.717) is 18.9 Å². The van der Waals surface area contributed by atoms with E-state index < -0.39 is 5.97 Å². The van der Waals surface area contributed by atoms with Crippen LogP contribution in [0.1, 0.15) is 67.0 Å². The van der Waals surface area contributed by atoms with Gasteiger partial charge in [0.25, 0.3) is 0 Å². The standard InChI is InChI=1S/C32H39N3O5/c1-40-24-9-10-25-26(17-24)33-30-27(19-36)35(18-22-5-2-4-21(16-22)8-11-28(37)38)20-32(29(25)30)12-14-34(15-13-32)31(39)23-6-3-7-23/h2,4-5,9-10,16-17,23,27,33,36H,3,6-8,11-15,18-20H2,1H3,(H,37,38). The van der Waals surface area contributed by atoms with Gasteiger partial charge in [-0.3, -0.25) is 14.5 Å². The monoisotopic (exact) mass is 545 g/mol. The van der Waals surface area contributed by atoms with Gasteiger partial charge in [-0.05, 0) is 60.9 Å². The molecule has 40 heavy (non-hydrogen) atoms. The summed E-state index contributed by atoms with van der Waals surface area (Å²) in [6.07, 6.45) is 5.56. The molecule has 1 spiro atoms. The highest BCUT2D eigenvalue weighted by atomic mass is 16.5. The van der Waals surface area contributed by atoms with Crippen LogP contribution in [0.25, 0.3) is 10.9 Å². The van der Waals surface area contributed by atoms with Crippen molar-refractivity contribution in [2.45, 2.75) is 62.9 Å². The first-order valence-corrected chi connectivity index (χ1v) is 14.5. The fraction of sp³-hybridized carbons (Fsp3) is 0.500. The molecule has 3 aliphatic rings. The van der Waals surface area contributed by atoms with Crippen LogP contribution in [0.2, 0.25) is 0 Å². The molecule has 0 bridgehead atoms. The van der Waals surface area contributed by atoms with E-state index in [-0.39, 0.29) is 30.4 Å². The Bertz CT molecular complexity index is 1400. The van der Waals surface area contributed by atoms with Crippen molar-refractivity contribution in [3.63, 3.8) is 0 Å². The summed E-state index contributed by atoms with van der Waals surface area (Å²) in [6.45, 7) is 2.92. The summed E-state index contributed by atoms with van der Waals surface area (Å²) in [5.74, 6) is 0.523. The second-order valence-corrected chi connectivity index (χ2v) is 11.9. The zero-order valence-electron chi connectivity index (χ0n) is 23.2. The average Bonchev–Trinajstić information content (AvgIpc) is 3.31. The lowest BCUT2D eigenvalue weighted by molar-refractivity contribution is -0.140. The van der Waals surface area contributed by atoms with Crippen LogP contribution in [0, 0.1) is 5.92 Å². The highest BCUT2D eigenvalue weighted by Gasteiger charge is 2.48. The van der Waals surface area contributed by atoms with Crippen molar-refractivity contribution in [1.29, 1.82) is 0 Å². The number of H-pyrrole nitrogens is 1. The predicted molar refractivity (Wildman–Crippen MR) is 152 cm³/mol. The smallest absolute Gasteiger partial charge is 0.303 e. The molecule has 1 aliphatic carbocycles. The lowest BCUT2D eigenvalue weighted by atomic mass is 9.68. The Morgan fingerprint density at radius 1 is 1.10 bits per heavy atom. The Morgan fingerprint density at radius 2 is 1.88 bits per heavy atom. The van der Waals surface area contributed by atoms with E-state index in [1.165, 1.54) is 10.9 Å². The maximum atomic E-state index is 13.1. The molecular formula is C32H39N3O5. The first kappa shape index (κ1) is 26.8. The molecule has 212 valence electrons. The lowest BCUT2D eigenvalue weighted by Crippen LogP contribution is -2.55. The van der Waals surface area contributed by atoms with Crippen molar-refractivity contribution in [1.82, 2.24) is 14.8 Å². The molecule has 3 heterocycles. The van der Waals surface area contributed by atoms with Crippen molar-refractivity contribution in [3.05, 3.63) is 64.8 Å². The van der Waals surface area contributed by atoms with Crippen molar-refractivity contribution in [2.75, 3.05) is 33.4 Å². The fourth-order valence-corrected chi connectivity index (χ4v) is 7.13. The highest BCUT2D eigenvalue weighted by Crippen LogP contribution is 2.49. The van der Waals surface area contributed by atoms with Crippen LogP contribution in [-0.4, -0.2) is 70.2 Å². The number of hydrogen-bond donors (Lipinski definition) is 3. The predicted octanol–water partition coefficient (Wildman–Crippen LogP) is 4.40. The number of piperidine rings is 1. The van der Waals surface area contributed by atoms with Gasteiger partial charge < -0.3 is 24.8 Å². The van der Waals surface area contributed by atoms with Crippen molar-refractivity contribution < 1.29 is 24.5 Å². The zero-order valence-corrected chi connectivity index (χ0v) is 23.2. The summed E-state index contributed by atoms with van der Waals surface area (Å²) in [4.78, 5) is 32.3. The Kier molecular flexibility index (Phi) is 7.31. The largest absolute Gasteiger partial charge is 0.497 e. The van der Waals surface area contributed by atoms with Gasteiger partial charge in [-0.2, -0.15) is 0 Å². The SMILES string of the molecule is COc1ccc2c3c([nH]c2c1)C(CO)N(Cc1cccc(CCC(=O)O)c1)CC31CCN(C(=O)C2CCC2)CC1. The summed E-state index contributed by atoms with van der Waals surface area (Å²) < 4.78 is 5.51. The van der Waals surface area contributed by atoms with Crippen LogP contribution in [0.5, 0.6) is 5.75 Å². The number of nitrogens with one attached hydrogen (secondary N) is 1. The number of likely N-dealkylation sites (tertiary alicyclic amines) is 1. The Morgan fingerprint density at radius 3 is 2.55 bits per heavy atom. The minimum Gasteiger partial charge on any atom is -0.497 e. The van der Waals surface area contributed by atoms with Gasteiger partial charge in [0.15, 0.2) is 0 Å². The van der Waals surface area contributed by atoms with E-state index in [2.05, 4.69) is 33.0 Å². The number of aryl methyl sites for hydroxylation is 1. The number of aliphatic carboxylic acids is 1. The van der Waals surface area contributed by atoms with Crippen LogP contribution in [0.4, 0.5) is 0 Å². The molecule has 2 aromatic carbocycles. The van der Waals surface area contributed by atoms with Crippen LogP contribution < -0.4 is 4.74 Å². The normalized spacial score (nSPS) is 20.9. The number of amides is 1. The molecule has 8 heteroatoms. The molecule has 1 saturated carbocycles. The van der Waals surface area contributed by atoms with Gasteiger partial charge in [0.1, 0.15) is 5.75 Å². The minimum absolute atomic E-state index is 0.0158. The first-order chi connectivity index (χ1) is 19.4. The number of carboxylic acids is 1. The summed E-state index contributed by atoms with van der Waals surface area (Å²) in [5.41, 5.74) is 5.31. The third kappa shape index (κ3) is 4.88. The lowest BCUT2D eigenvalue weighted by Gasteiger charge is -2.51. The van der Waals surface area contributed by atoms with Crippen molar-refractivity contribution >= 4 is 22.8 Å². The minimum atomic E-state index is -0.797. The number of carboxylic acid groups (broad SMARTS) is 1. The number of aromatic amines is 1. The van der Waals surface area contributed by atoms with Gasteiger partial charge in [0.2, 0.25) is 5.91 Å². The number of aliphatic hydroxyl groups excluding tert-OH is 1. The van der Waals surface area contributed by atoms with E-state index in [1.807, 2.05) is 24.3 Å². The zero-order chi connectivity index (χ0) is 27.9. The number of hydrogen-bond acceptors (Lipinski definition) is 5. The summed E-state index contributed by atoms with van der Waals surface area (Å²) >= 11 is 0. The topological polar surface area (TPSA) is 106 Å². The molecule has 3 N–H and O–H groups in total. The fourth-order valence-electron chi connectivity index (χ4n) is 7.13. The van der Waals surface area contributed by atoms with Gasteiger partial charge in [0, 0.05) is 66.6 Å². The first-order valence-electron chi connectivity index (χ1n) is 14.5. The highest BCUT2D eigenvalue weighted by molar-refractivity contribution is 5.88.